The van der Waals surface area contributed by atoms with Gasteiger partial charge in [0.05, 0.1) is 5.39 Å². The molecule has 0 aliphatic rings. The van der Waals surface area contributed by atoms with Gasteiger partial charge in [-0.2, -0.15) is 5.10 Å². The van der Waals surface area contributed by atoms with Gasteiger partial charge in [-0.3, -0.25) is 9.59 Å². The molecule has 0 saturated heterocycles. The van der Waals surface area contributed by atoms with E-state index in [2.05, 4.69) is 26.5 Å². The number of rotatable bonds is 8. The van der Waals surface area contributed by atoms with Crippen LogP contribution in [0.15, 0.2) is 53.3 Å². The highest BCUT2D eigenvalue weighted by Crippen LogP contribution is 2.15. The molecular formula is C22H24N4O4. The van der Waals surface area contributed by atoms with Crippen LogP contribution in [0.5, 0.6) is 0 Å². The summed E-state index contributed by atoms with van der Waals surface area (Å²) in [4.78, 5) is 38.3. The van der Waals surface area contributed by atoms with E-state index in [9.17, 15) is 14.4 Å². The first-order chi connectivity index (χ1) is 14.5. The first-order valence-electron chi connectivity index (χ1n) is 9.72. The van der Waals surface area contributed by atoms with Gasteiger partial charge in [0.1, 0.15) is 0 Å². The molecular weight excluding hydrogens is 384 g/mol. The first kappa shape index (κ1) is 21.0. The highest BCUT2D eigenvalue weighted by atomic mass is 16.5. The number of aryl methyl sites for hydroxylation is 1. The fourth-order valence-corrected chi connectivity index (χ4v) is 3.15. The van der Waals surface area contributed by atoms with Gasteiger partial charge in [-0.1, -0.05) is 30.3 Å². The molecule has 8 heteroatoms. The largest absolute Gasteiger partial charge is 0.451 e. The van der Waals surface area contributed by atoms with Crippen LogP contribution in [0.1, 0.15) is 23.0 Å². The van der Waals surface area contributed by atoms with Gasteiger partial charge in [0.25, 0.3) is 11.5 Å². The van der Waals surface area contributed by atoms with E-state index in [-0.39, 0.29) is 5.69 Å². The third kappa shape index (κ3) is 5.02. The molecule has 3 aromatic rings. The predicted molar refractivity (Wildman–Crippen MR) is 115 cm³/mol. The van der Waals surface area contributed by atoms with Crippen LogP contribution >= 0.6 is 0 Å². The van der Waals surface area contributed by atoms with Crippen molar-refractivity contribution < 1.29 is 14.3 Å². The number of esters is 1. The van der Waals surface area contributed by atoms with E-state index in [1.807, 2.05) is 32.0 Å². The summed E-state index contributed by atoms with van der Waals surface area (Å²) in [5.74, 6) is -1.18. The van der Waals surface area contributed by atoms with Gasteiger partial charge >= 0.3 is 5.97 Å². The van der Waals surface area contributed by atoms with E-state index in [1.165, 1.54) is 5.56 Å². The molecule has 0 aliphatic heterocycles. The molecule has 1 heterocycles. The Kier molecular flexibility index (Phi) is 6.79. The highest BCUT2D eigenvalue weighted by Gasteiger charge is 2.16. The molecule has 1 amide bonds. The van der Waals surface area contributed by atoms with Crippen molar-refractivity contribution in [1.29, 1.82) is 0 Å². The number of likely N-dealkylation sites (N-methyl/N-ethyl adjacent to an activating group) is 1. The molecule has 8 nitrogen and oxygen atoms in total. The van der Waals surface area contributed by atoms with Crippen molar-refractivity contribution >= 4 is 28.3 Å². The Morgan fingerprint density at radius 2 is 1.90 bits per heavy atom. The molecule has 0 bridgehead atoms. The molecule has 3 rings (SSSR count). The second kappa shape index (κ2) is 9.69. The van der Waals surface area contributed by atoms with Gasteiger partial charge < -0.3 is 15.0 Å². The van der Waals surface area contributed by atoms with Crippen molar-refractivity contribution in [2.24, 2.45) is 0 Å². The van der Waals surface area contributed by atoms with Crippen LogP contribution in [0.4, 0.5) is 5.69 Å². The number of aromatic amines is 1. The van der Waals surface area contributed by atoms with Gasteiger partial charge in [0.15, 0.2) is 12.3 Å². The summed E-state index contributed by atoms with van der Waals surface area (Å²) >= 11 is 0. The summed E-state index contributed by atoms with van der Waals surface area (Å²) in [6, 6.07) is 14.7. The predicted octanol–water partition coefficient (Wildman–Crippen LogP) is 2.03. The van der Waals surface area contributed by atoms with Crippen LogP contribution in [0.2, 0.25) is 0 Å². The lowest BCUT2D eigenvalue weighted by Crippen LogP contribution is -2.37. The molecule has 0 unspecified atom stereocenters. The summed E-state index contributed by atoms with van der Waals surface area (Å²) in [5.41, 5.74) is 1.84. The quantitative estimate of drug-likeness (QED) is 0.553. The zero-order valence-corrected chi connectivity index (χ0v) is 17.0. The number of carbonyl (C=O) groups is 2. The fourth-order valence-electron chi connectivity index (χ4n) is 3.15. The Labute approximate surface area is 173 Å². The van der Waals surface area contributed by atoms with Gasteiger partial charge in [0, 0.05) is 30.7 Å². The molecule has 0 saturated carbocycles. The average Bonchev–Trinajstić information content (AvgIpc) is 2.75. The van der Waals surface area contributed by atoms with Crippen molar-refractivity contribution in [2.75, 3.05) is 31.1 Å². The maximum absolute atomic E-state index is 12.3. The van der Waals surface area contributed by atoms with Crippen LogP contribution in [0, 0.1) is 6.92 Å². The molecule has 2 aromatic carbocycles. The normalized spacial score (nSPS) is 10.6. The maximum Gasteiger partial charge on any atom is 0.359 e. The van der Waals surface area contributed by atoms with E-state index in [1.54, 1.807) is 24.3 Å². The van der Waals surface area contributed by atoms with Crippen LogP contribution in [0.25, 0.3) is 10.8 Å². The molecule has 30 heavy (non-hydrogen) atoms. The molecule has 1 aromatic heterocycles. The van der Waals surface area contributed by atoms with Gasteiger partial charge in [0.2, 0.25) is 0 Å². The van der Waals surface area contributed by atoms with Crippen LogP contribution in [0.3, 0.4) is 0 Å². The number of amides is 1. The lowest BCUT2D eigenvalue weighted by atomic mass is 10.1. The first-order valence-corrected chi connectivity index (χ1v) is 9.72. The molecule has 156 valence electrons. The summed E-state index contributed by atoms with van der Waals surface area (Å²) in [5, 5.41) is 9.50. The third-order valence-corrected chi connectivity index (χ3v) is 4.68. The standard InChI is InChI=1S/C22H24N4O4/c1-3-26(16-8-6-7-15(2)13-16)12-11-23-19(27)14-30-22(29)20-17-9-4-5-10-18(17)21(28)25-24-20/h4-10,13H,3,11-12,14H2,1-2H3,(H,23,27)(H,25,28). The maximum atomic E-state index is 12.3. The number of fused-ring (bicyclic) bond motifs is 1. The number of benzene rings is 2. The number of carbonyl (C=O) groups excluding carboxylic acids is 2. The zero-order chi connectivity index (χ0) is 21.5. The fraction of sp³-hybridized carbons (Fsp3) is 0.273. The lowest BCUT2D eigenvalue weighted by molar-refractivity contribution is -0.124. The van der Waals surface area contributed by atoms with Crippen molar-refractivity contribution in [3.05, 3.63) is 70.1 Å². The number of nitrogens with zero attached hydrogens (tertiary/aromatic N) is 2. The van der Waals surface area contributed by atoms with Crippen LogP contribution in [-0.2, 0) is 9.53 Å². The second-order valence-electron chi connectivity index (χ2n) is 6.79. The summed E-state index contributed by atoms with van der Waals surface area (Å²) in [6.45, 7) is 5.51. The Morgan fingerprint density at radius 3 is 2.63 bits per heavy atom. The van der Waals surface area contributed by atoms with Crippen LogP contribution in [-0.4, -0.2) is 48.3 Å². The van der Waals surface area contributed by atoms with Gasteiger partial charge in [-0.15, -0.1) is 0 Å². The number of H-pyrrole nitrogens is 1. The van der Waals surface area contributed by atoms with Crippen molar-refractivity contribution in [3.63, 3.8) is 0 Å². The number of nitrogens with one attached hydrogen (secondary N) is 2. The SMILES string of the molecule is CCN(CCNC(=O)COC(=O)c1n[nH]c(=O)c2ccccc12)c1cccc(C)c1. The van der Waals surface area contributed by atoms with Crippen molar-refractivity contribution in [2.45, 2.75) is 13.8 Å². The Morgan fingerprint density at radius 1 is 1.13 bits per heavy atom. The minimum absolute atomic E-state index is 0.0328. The van der Waals surface area contributed by atoms with E-state index in [0.29, 0.717) is 23.9 Å². The van der Waals surface area contributed by atoms with E-state index < -0.39 is 24.0 Å². The molecule has 0 aliphatic carbocycles. The molecule has 0 atom stereocenters. The zero-order valence-electron chi connectivity index (χ0n) is 17.0. The Hall–Kier alpha value is -3.68. The smallest absolute Gasteiger partial charge is 0.359 e. The van der Waals surface area contributed by atoms with E-state index in [0.717, 1.165) is 12.2 Å². The topological polar surface area (TPSA) is 104 Å². The summed E-state index contributed by atoms with van der Waals surface area (Å²) < 4.78 is 5.07. The van der Waals surface area contributed by atoms with Gasteiger partial charge in [-0.25, -0.2) is 9.89 Å². The monoisotopic (exact) mass is 408 g/mol. The summed E-state index contributed by atoms with van der Waals surface area (Å²) in [6.07, 6.45) is 0. The van der Waals surface area contributed by atoms with E-state index in [4.69, 9.17) is 4.74 Å². The minimum Gasteiger partial charge on any atom is -0.451 e. The Bertz CT molecular complexity index is 1110. The number of ether oxygens (including phenoxy) is 1. The molecule has 2 N–H and O–H groups in total. The van der Waals surface area contributed by atoms with E-state index >= 15 is 0 Å². The van der Waals surface area contributed by atoms with Crippen molar-refractivity contribution in [3.8, 4) is 0 Å². The van der Waals surface area contributed by atoms with Crippen LogP contribution < -0.4 is 15.8 Å². The second-order valence-corrected chi connectivity index (χ2v) is 6.79. The molecule has 0 spiro atoms. The number of anilines is 1. The third-order valence-electron chi connectivity index (χ3n) is 4.68. The van der Waals surface area contributed by atoms with Gasteiger partial charge in [-0.05, 0) is 37.6 Å². The molecule has 0 fully saturated rings. The lowest BCUT2D eigenvalue weighted by Gasteiger charge is -2.23. The average molecular weight is 408 g/mol. The number of hydrogen-bond donors (Lipinski definition) is 2. The number of hydrogen-bond acceptors (Lipinski definition) is 6. The molecule has 0 radical (unpaired) electrons. The van der Waals surface area contributed by atoms with Crippen molar-refractivity contribution in [1.82, 2.24) is 15.5 Å². The highest BCUT2D eigenvalue weighted by molar-refractivity contribution is 6.02. The minimum atomic E-state index is -0.771. The summed E-state index contributed by atoms with van der Waals surface area (Å²) in [7, 11) is 0. The Balaban J connectivity index is 1.52. The number of aromatic nitrogens is 2.